The number of fused-ring (bicyclic) bond motifs is 1. The second kappa shape index (κ2) is 5.91. The number of halogens is 1. The third-order valence-electron chi connectivity index (χ3n) is 4.62. The van der Waals surface area contributed by atoms with E-state index in [2.05, 4.69) is 11.1 Å². The summed E-state index contributed by atoms with van der Waals surface area (Å²) in [5.41, 5.74) is 8.00. The minimum atomic E-state index is -0.633. The van der Waals surface area contributed by atoms with Crippen LogP contribution in [0.2, 0.25) is 5.15 Å². The Balaban J connectivity index is 1.98. The van der Waals surface area contributed by atoms with Crippen molar-refractivity contribution in [3.8, 4) is 6.07 Å². The Kier molecular flexibility index (Phi) is 3.70. The molecule has 0 unspecified atom stereocenters. The smallest absolute Gasteiger partial charge is 0.205 e. The monoisotopic (exact) mass is 351 g/mol. The zero-order valence-electron chi connectivity index (χ0n) is 13.3. The van der Waals surface area contributed by atoms with Gasteiger partial charge in [-0.25, -0.2) is 4.98 Å². The molecule has 1 atom stereocenters. The van der Waals surface area contributed by atoms with Crippen LogP contribution in [0, 0.1) is 11.3 Å². The highest BCUT2D eigenvalue weighted by atomic mass is 35.5. The van der Waals surface area contributed by atoms with Crippen molar-refractivity contribution < 1.29 is 9.53 Å². The first-order valence-electron chi connectivity index (χ1n) is 7.99. The van der Waals surface area contributed by atoms with Crippen molar-refractivity contribution in [2.45, 2.75) is 25.2 Å². The highest BCUT2D eigenvalue weighted by molar-refractivity contribution is 6.30. The summed E-state index contributed by atoms with van der Waals surface area (Å²) in [4.78, 5) is 17.0. The standard InChI is InChI=1S/C19H14ClN3O2/c20-18-11(8-10-4-1-2-5-13(10)23-18)16-12(9-21)19(22)25-15-7-3-6-14(24)17(15)16/h1-2,4-5,8,16H,3,6-7,22H2/t16-/m1/s1. The summed E-state index contributed by atoms with van der Waals surface area (Å²) >= 11 is 6.43. The van der Waals surface area contributed by atoms with Crippen LogP contribution in [0.3, 0.4) is 0 Å². The molecule has 5 nitrogen and oxygen atoms in total. The quantitative estimate of drug-likeness (QED) is 0.791. The fourth-order valence-corrected chi connectivity index (χ4v) is 3.73. The molecule has 1 aromatic heterocycles. The second-order valence-electron chi connectivity index (χ2n) is 6.10. The van der Waals surface area contributed by atoms with Crippen molar-refractivity contribution in [3.05, 3.63) is 63.8 Å². The highest BCUT2D eigenvalue weighted by Gasteiger charge is 2.39. The van der Waals surface area contributed by atoms with Crippen LogP contribution < -0.4 is 5.73 Å². The number of pyridine rings is 1. The van der Waals surface area contributed by atoms with Gasteiger partial charge in [-0.3, -0.25) is 4.79 Å². The molecule has 1 aromatic carbocycles. The first-order chi connectivity index (χ1) is 12.1. The average Bonchev–Trinajstić information content (AvgIpc) is 2.60. The van der Waals surface area contributed by atoms with Gasteiger partial charge < -0.3 is 10.5 Å². The molecule has 2 heterocycles. The molecule has 6 heteroatoms. The zero-order valence-corrected chi connectivity index (χ0v) is 14.0. The summed E-state index contributed by atoms with van der Waals surface area (Å²) < 4.78 is 5.57. The first-order valence-corrected chi connectivity index (χ1v) is 8.37. The largest absolute Gasteiger partial charge is 0.444 e. The summed E-state index contributed by atoms with van der Waals surface area (Å²) in [6.45, 7) is 0. The van der Waals surface area contributed by atoms with E-state index in [1.54, 1.807) is 0 Å². The van der Waals surface area contributed by atoms with Crippen LogP contribution in [0.1, 0.15) is 30.7 Å². The van der Waals surface area contributed by atoms with Gasteiger partial charge in [-0.15, -0.1) is 0 Å². The summed E-state index contributed by atoms with van der Waals surface area (Å²) in [5, 5.41) is 10.8. The minimum Gasteiger partial charge on any atom is -0.444 e. The maximum absolute atomic E-state index is 12.6. The SMILES string of the molecule is N#CC1=C(N)OC2=C(C(=O)CCC2)[C@@H]1c1cc2ccccc2nc1Cl. The number of ketones is 1. The Bertz CT molecular complexity index is 1020. The van der Waals surface area contributed by atoms with Gasteiger partial charge >= 0.3 is 0 Å². The Morgan fingerprint density at radius 3 is 2.92 bits per heavy atom. The summed E-state index contributed by atoms with van der Waals surface area (Å²) in [5.74, 6) is -0.0889. The Labute approximate surface area is 149 Å². The van der Waals surface area contributed by atoms with Gasteiger partial charge in [-0.2, -0.15) is 5.26 Å². The fourth-order valence-electron chi connectivity index (χ4n) is 3.48. The van der Waals surface area contributed by atoms with Crippen LogP contribution >= 0.6 is 11.6 Å². The number of benzene rings is 1. The van der Waals surface area contributed by atoms with E-state index in [0.29, 0.717) is 36.2 Å². The molecule has 25 heavy (non-hydrogen) atoms. The molecular weight excluding hydrogens is 338 g/mol. The molecule has 1 aliphatic heterocycles. The maximum Gasteiger partial charge on any atom is 0.205 e. The summed E-state index contributed by atoms with van der Waals surface area (Å²) in [7, 11) is 0. The van der Waals surface area contributed by atoms with Gasteiger partial charge in [0.2, 0.25) is 5.88 Å². The Hall–Kier alpha value is -2.84. The Morgan fingerprint density at radius 1 is 1.32 bits per heavy atom. The van der Waals surface area contributed by atoms with Gasteiger partial charge in [0.25, 0.3) is 0 Å². The molecule has 124 valence electrons. The molecule has 0 saturated heterocycles. The first kappa shape index (κ1) is 15.7. The number of carbonyl (C=O) groups is 1. The summed E-state index contributed by atoms with van der Waals surface area (Å²) in [6.07, 6.45) is 1.76. The second-order valence-corrected chi connectivity index (χ2v) is 6.46. The number of ether oxygens (including phenoxy) is 1. The maximum atomic E-state index is 12.6. The molecule has 0 bridgehead atoms. The van der Waals surface area contributed by atoms with Crippen molar-refractivity contribution >= 4 is 28.3 Å². The number of rotatable bonds is 1. The molecule has 0 radical (unpaired) electrons. The number of nitriles is 1. The van der Waals surface area contributed by atoms with Crippen molar-refractivity contribution in [2.24, 2.45) is 5.73 Å². The highest BCUT2D eigenvalue weighted by Crippen LogP contribution is 2.45. The third-order valence-corrected chi connectivity index (χ3v) is 4.92. The summed E-state index contributed by atoms with van der Waals surface area (Å²) in [6, 6.07) is 11.5. The van der Waals surface area contributed by atoms with Gasteiger partial charge in [0, 0.05) is 29.4 Å². The van der Waals surface area contributed by atoms with E-state index in [-0.39, 0.29) is 22.4 Å². The number of nitrogens with two attached hydrogens (primary N) is 1. The van der Waals surface area contributed by atoms with Crippen LogP contribution in [0.25, 0.3) is 10.9 Å². The van der Waals surface area contributed by atoms with E-state index in [9.17, 15) is 10.1 Å². The molecule has 0 amide bonds. The van der Waals surface area contributed by atoms with Gasteiger partial charge in [0.1, 0.15) is 22.6 Å². The van der Waals surface area contributed by atoms with Gasteiger partial charge in [0.15, 0.2) is 5.78 Å². The van der Waals surface area contributed by atoms with Crippen LogP contribution in [0.15, 0.2) is 53.1 Å². The molecule has 2 N–H and O–H groups in total. The molecule has 2 aromatic rings. The predicted molar refractivity (Wildman–Crippen MR) is 93.3 cm³/mol. The number of allylic oxidation sites excluding steroid dienone is 3. The van der Waals surface area contributed by atoms with E-state index >= 15 is 0 Å². The van der Waals surface area contributed by atoms with E-state index in [0.717, 1.165) is 10.9 Å². The van der Waals surface area contributed by atoms with Crippen molar-refractivity contribution in [3.63, 3.8) is 0 Å². The minimum absolute atomic E-state index is 0.0317. The zero-order chi connectivity index (χ0) is 17.6. The molecule has 1 aliphatic carbocycles. The lowest BCUT2D eigenvalue weighted by Gasteiger charge is -2.31. The van der Waals surface area contributed by atoms with E-state index in [1.165, 1.54) is 0 Å². The lowest BCUT2D eigenvalue weighted by molar-refractivity contribution is -0.116. The molecule has 0 fully saturated rings. The number of hydrogen-bond donors (Lipinski definition) is 1. The van der Waals surface area contributed by atoms with E-state index in [1.807, 2.05) is 30.3 Å². The lowest BCUT2D eigenvalue weighted by Crippen LogP contribution is -2.27. The normalized spacial score (nSPS) is 20.3. The van der Waals surface area contributed by atoms with Gasteiger partial charge in [-0.05, 0) is 18.6 Å². The molecule has 2 aliphatic rings. The van der Waals surface area contributed by atoms with Gasteiger partial charge in [-0.1, -0.05) is 29.8 Å². The molecule has 4 rings (SSSR count). The van der Waals surface area contributed by atoms with Crippen molar-refractivity contribution in [2.75, 3.05) is 0 Å². The molecule has 0 saturated carbocycles. The van der Waals surface area contributed by atoms with Crippen molar-refractivity contribution in [1.82, 2.24) is 4.98 Å². The molecular formula is C19H14ClN3O2. The predicted octanol–water partition coefficient (Wildman–Crippen LogP) is 3.70. The number of aromatic nitrogens is 1. The average molecular weight is 352 g/mol. The Morgan fingerprint density at radius 2 is 2.12 bits per heavy atom. The molecule has 0 spiro atoms. The van der Waals surface area contributed by atoms with E-state index in [4.69, 9.17) is 22.1 Å². The van der Waals surface area contributed by atoms with Crippen LogP contribution in [0.5, 0.6) is 0 Å². The number of carbonyl (C=O) groups excluding carboxylic acids is 1. The van der Waals surface area contributed by atoms with Crippen molar-refractivity contribution in [1.29, 1.82) is 5.26 Å². The van der Waals surface area contributed by atoms with E-state index < -0.39 is 5.92 Å². The fraction of sp³-hybridized carbons (Fsp3) is 0.211. The number of para-hydroxylation sites is 1. The van der Waals surface area contributed by atoms with Gasteiger partial charge in [0.05, 0.1) is 11.4 Å². The van der Waals surface area contributed by atoms with Crippen LogP contribution in [-0.4, -0.2) is 10.8 Å². The lowest BCUT2D eigenvalue weighted by atomic mass is 9.78. The number of nitrogens with zero attached hydrogens (tertiary/aromatic N) is 2. The topological polar surface area (TPSA) is 89.0 Å². The van der Waals surface area contributed by atoms with Crippen LogP contribution in [0.4, 0.5) is 0 Å². The van der Waals surface area contributed by atoms with Crippen LogP contribution in [-0.2, 0) is 9.53 Å². The third kappa shape index (κ3) is 2.46. The number of Topliss-reactive ketones (excluding diaryl/α,β-unsaturated/α-hetero) is 1. The number of hydrogen-bond acceptors (Lipinski definition) is 5.